The molecular formula is C18H18FN3O5S2. The first-order valence-corrected chi connectivity index (χ1v) is 10.8. The van der Waals surface area contributed by atoms with Crippen molar-refractivity contribution in [2.45, 2.75) is 17.1 Å². The van der Waals surface area contributed by atoms with Crippen LogP contribution in [0, 0.1) is 17.1 Å². The summed E-state index contributed by atoms with van der Waals surface area (Å²) in [5, 5.41) is 10.4. The molecular weight excluding hydrogens is 421 g/mol. The molecule has 0 spiro atoms. The molecule has 1 amide bonds. The largest absolute Gasteiger partial charge is 0.456 e. The summed E-state index contributed by atoms with van der Waals surface area (Å²) in [7, 11) is -3.68. The highest BCUT2D eigenvalue weighted by Gasteiger charge is 2.19. The second-order valence-corrected chi connectivity index (χ2v) is 8.61. The predicted octanol–water partition coefficient (Wildman–Crippen LogP) is 2.05. The van der Waals surface area contributed by atoms with E-state index < -0.39 is 34.3 Å². The third kappa shape index (κ3) is 6.94. The fraction of sp³-hybridized carbons (Fsp3) is 0.278. The van der Waals surface area contributed by atoms with E-state index in [9.17, 15) is 22.4 Å². The van der Waals surface area contributed by atoms with Gasteiger partial charge in [0.25, 0.3) is 5.91 Å². The van der Waals surface area contributed by atoms with Crippen LogP contribution in [0.15, 0.2) is 46.0 Å². The quantitative estimate of drug-likeness (QED) is 0.566. The van der Waals surface area contributed by atoms with Crippen molar-refractivity contribution in [2.75, 3.05) is 24.6 Å². The number of esters is 1. The lowest BCUT2D eigenvalue weighted by Crippen LogP contribution is -2.36. The number of nitriles is 1. The van der Waals surface area contributed by atoms with Crippen LogP contribution in [0.1, 0.15) is 12.8 Å². The van der Waals surface area contributed by atoms with Gasteiger partial charge in [-0.3, -0.25) is 9.59 Å². The fourth-order valence-electron chi connectivity index (χ4n) is 2.25. The number of nitrogens with zero attached hydrogens (tertiary/aromatic N) is 2. The molecule has 11 heteroatoms. The Morgan fingerprint density at radius 2 is 1.97 bits per heavy atom. The number of rotatable bonds is 10. The Balaban J connectivity index is 1.84. The lowest BCUT2D eigenvalue weighted by Gasteiger charge is -2.21. The van der Waals surface area contributed by atoms with E-state index in [-0.39, 0.29) is 30.1 Å². The Morgan fingerprint density at radius 3 is 2.59 bits per heavy atom. The van der Waals surface area contributed by atoms with Gasteiger partial charge >= 0.3 is 5.97 Å². The number of thiophene rings is 1. The van der Waals surface area contributed by atoms with Crippen molar-refractivity contribution in [1.82, 2.24) is 4.72 Å². The lowest BCUT2D eigenvalue weighted by atomic mass is 10.2. The van der Waals surface area contributed by atoms with E-state index in [1.165, 1.54) is 35.2 Å². The molecule has 1 N–H and O–H groups in total. The lowest BCUT2D eigenvalue weighted by molar-refractivity contribution is -0.147. The topological polar surface area (TPSA) is 117 Å². The molecule has 1 aromatic heterocycles. The molecule has 154 valence electrons. The van der Waals surface area contributed by atoms with Gasteiger partial charge in [-0.05, 0) is 35.7 Å². The standard InChI is InChI=1S/C18H18FN3O5S2/c19-14-4-6-15(7-5-14)22(11-2-9-20)16(23)13-27-17(24)8-10-21-29(25,26)18-3-1-12-28-18/h1,3-7,12,21H,2,8,10-11,13H2. The van der Waals surface area contributed by atoms with Gasteiger partial charge in [-0.1, -0.05) is 6.07 Å². The van der Waals surface area contributed by atoms with Crippen LogP contribution in [-0.4, -0.2) is 40.0 Å². The normalized spacial score (nSPS) is 10.9. The Labute approximate surface area is 171 Å². The SMILES string of the molecule is N#CCCN(C(=O)COC(=O)CCNS(=O)(=O)c1cccs1)c1ccc(F)cc1. The van der Waals surface area contributed by atoms with Gasteiger partial charge in [0, 0.05) is 18.8 Å². The molecule has 0 unspecified atom stereocenters. The Morgan fingerprint density at radius 1 is 1.24 bits per heavy atom. The van der Waals surface area contributed by atoms with Crippen LogP contribution in [0.2, 0.25) is 0 Å². The summed E-state index contributed by atoms with van der Waals surface area (Å²) in [4.78, 5) is 25.4. The third-order valence-electron chi connectivity index (χ3n) is 3.62. The van der Waals surface area contributed by atoms with Gasteiger partial charge in [0.1, 0.15) is 10.0 Å². The smallest absolute Gasteiger partial charge is 0.307 e. The van der Waals surface area contributed by atoms with Crippen molar-refractivity contribution in [3.63, 3.8) is 0 Å². The number of benzene rings is 1. The van der Waals surface area contributed by atoms with Crippen molar-refractivity contribution in [3.8, 4) is 6.07 Å². The number of carbonyl (C=O) groups excluding carboxylic acids is 2. The number of halogens is 1. The number of hydrogen-bond acceptors (Lipinski definition) is 7. The van der Waals surface area contributed by atoms with Gasteiger partial charge in [-0.15, -0.1) is 11.3 Å². The summed E-state index contributed by atoms with van der Waals surface area (Å²) < 4.78 is 44.3. The van der Waals surface area contributed by atoms with Gasteiger partial charge in [0.15, 0.2) is 6.61 Å². The van der Waals surface area contributed by atoms with Gasteiger partial charge in [0.05, 0.1) is 18.9 Å². The number of sulfonamides is 1. The van der Waals surface area contributed by atoms with Crippen LogP contribution in [-0.2, 0) is 24.3 Å². The van der Waals surface area contributed by atoms with Gasteiger partial charge in [0.2, 0.25) is 10.0 Å². The highest BCUT2D eigenvalue weighted by molar-refractivity contribution is 7.91. The molecule has 0 radical (unpaired) electrons. The second-order valence-electron chi connectivity index (χ2n) is 5.67. The number of ether oxygens (including phenoxy) is 1. The minimum atomic E-state index is -3.68. The summed E-state index contributed by atoms with van der Waals surface area (Å²) in [6.07, 6.45) is -0.214. The highest BCUT2D eigenvalue weighted by atomic mass is 32.2. The van der Waals surface area contributed by atoms with Gasteiger partial charge in [-0.25, -0.2) is 17.5 Å². The number of hydrogen-bond donors (Lipinski definition) is 1. The molecule has 0 aliphatic carbocycles. The predicted molar refractivity (Wildman–Crippen MR) is 104 cm³/mol. The third-order valence-corrected chi connectivity index (χ3v) is 6.48. The van der Waals surface area contributed by atoms with E-state index in [1.54, 1.807) is 11.4 Å². The molecule has 0 fully saturated rings. The average Bonchev–Trinajstić information content (AvgIpc) is 3.24. The Bertz CT molecular complexity index is 970. The van der Waals surface area contributed by atoms with E-state index in [0.717, 1.165) is 11.3 Å². The number of carbonyl (C=O) groups is 2. The van der Waals surface area contributed by atoms with E-state index in [0.29, 0.717) is 5.69 Å². The van der Waals surface area contributed by atoms with Crippen LogP contribution < -0.4 is 9.62 Å². The van der Waals surface area contributed by atoms with Gasteiger partial charge in [-0.2, -0.15) is 5.26 Å². The van der Waals surface area contributed by atoms with Crippen LogP contribution in [0.5, 0.6) is 0 Å². The maximum Gasteiger partial charge on any atom is 0.307 e. The minimum Gasteiger partial charge on any atom is -0.456 e. The zero-order valence-electron chi connectivity index (χ0n) is 15.2. The molecule has 0 saturated carbocycles. The summed E-state index contributed by atoms with van der Waals surface area (Å²) in [5.74, 6) is -1.82. The van der Waals surface area contributed by atoms with Crippen LogP contribution in [0.4, 0.5) is 10.1 Å². The second kappa shape index (κ2) is 10.7. The molecule has 0 aliphatic heterocycles. The zero-order valence-corrected chi connectivity index (χ0v) is 16.8. The fourth-order valence-corrected chi connectivity index (χ4v) is 4.32. The van der Waals surface area contributed by atoms with Crippen molar-refractivity contribution in [3.05, 3.63) is 47.6 Å². The van der Waals surface area contributed by atoms with E-state index in [4.69, 9.17) is 10.00 Å². The summed E-state index contributed by atoms with van der Waals surface area (Å²) in [6.45, 7) is -0.707. The van der Waals surface area contributed by atoms with Crippen molar-refractivity contribution >= 4 is 38.9 Å². The summed E-state index contributed by atoms with van der Waals surface area (Å²) in [5.41, 5.74) is 0.367. The van der Waals surface area contributed by atoms with Crippen LogP contribution >= 0.6 is 11.3 Å². The summed E-state index contributed by atoms with van der Waals surface area (Å²) >= 11 is 1.05. The molecule has 2 rings (SSSR count). The maximum atomic E-state index is 13.1. The van der Waals surface area contributed by atoms with E-state index >= 15 is 0 Å². The number of anilines is 1. The molecule has 0 saturated heterocycles. The maximum absolute atomic E-state index is 13.1. The first-order valence-electron chi connectivity index (χ1n) is 8.45. The van der Waals surface area contributed by atoms with E-state index in [1.807, 2.05) is 6.07 Å². The molecule has 8 nitrogen and oxygen atoms in total. The molecule has 1 aromatic carbocycles. The molecule has 29 heavy (non-hydrogen) atoms. The first kappa shape index (κ1) is 22.5. The minimum absolute atomic E-state index is 0.0432. The van der Waals surface area contributed by atoms with Crippen molar-refractivity contribution in [2.24, 2.45) is 0 Å². The zero-order chi connectivity index (χ0) is 21.3. The molecule has 0 atom stereocenters. The molecule has 1 heterocycles. The van der Waals surface area contributed by atoms with Gasteiger partial charge < -0.3 is 9.64 Å². The monoisotopic (exact) mass is 439 g/mol. The number of amides is 1. The van der Waals surface area contributed by atoms with Crippen molar-refractivity contribution < 1.29 is 27.1 Å². The molecule has 2 aromatic rings. The van der Waals surface area contributed by atoms with Crippen molar-refractivity contribution in [1.29, 1.82) is 5.26 Å². The average molecular weight is 439 g/mol. The first-order chi connectivity index (χ1) is 13.8. The molecule has 0 bridgehead atoms. The number of nitrogens with one attached hydrogen (secondary N) is 1. The van der Waals surface area contributed by atoms with Crippen LogP contribution in [0.25, 0.3) is 0 Å². The van der Waals surface area contributed by atoms with E-state index in [2.05, 4.69) is 4.72 Å². The molecule has 0 aliphatic rings. The Hall–Kier alpha value is -2.81. The van der Waals surface area contributed by atoms with Crippen LogP contribution in [0.3, 0.4) is 0 Å². The Kier molecular flexibility index (Phi) is 8.26. The summed E-state index contributed by atoms with van der Waals surface area (Å²) in [6, 6.07) is 10.1. The highest BCUT2D eigenvalue weighted by Crippen LogP contribution is 2.16.